The summed E-state index contributed by atoms with van der Waals surface area (Å²) in [7, 11) is 1.36. The topological polar surface area (TPSA) is 62.1 Å². The molecule has 0 heterocycles. The van der Waals surface area contributed by atoms with Crippen LogP contribution in [0.3, 0.4) is 0 Å². The number of methoxy groups -OCH3 is 1. The second-order valence-corrected chi connectivity index (χ2v) is 9.32. The molecule has 0 aliphatic rings. The Morgan fingerprint density at radius 2 is 2.03 bits per heavy atom. The molecule has 4 nitrogen and oxygen atoms in total. The van der Waals surface area contributed by atoms with E-state index in [0.717, 1.165) is 29.3 Å². The lowest BCUT2D eigenvalue weighted by Crippen LogP contribution is -2.24. The number of nitrogens with zero attached hydrogens (tertiary/aromatic N) is 1. The number of nitrogens with one attached hydrogen (secondary N) is 1. The van der Waals surface area contributed by atoms with E-state index in [2.05, 4.69) is 18.0 Å². The van der Waals surface area contributed by atoms with Crippen molar-refractivity contribution < 1.29 is 9.53 Å². The van der Waals surface area contributed by atoms with Crippen LogP contribution in [0.4, 0.5) is 0 Å². The number of ether oxygens (including phenoxy) is 1. The van der Waals surface area contributed by atoms with Crippen LogP contribution in [-0.2, 0) is 4.74 Å². The molecular formula is C26H24Cl2N2O2S. The smallest absolute Gasteiger partial charge is 0.339 e. The van der Waals surface area contributed by atoms with Crippen molar-refractivity contribution in [3.63, 3.8) is 0 Å². The van der Waals surface area contributed by atoms with Crippen molar-refractivity contribution in [2.24, 2.45) is 0 Å². The van der Waals surface area contributed by atoms with Crippen LogP contribution in [0.5, 0.6) is 0 Å². The van der Waals surface area contributed by atoms with Gasteiger partial charge in [-0.1, -0.05) is 59.6 Å². The minimum absolute atomic E-state index is 0.211. The molecule has 7 heteroatoms. The number of carbonyl (C=O) groups is 1. The summed E-state index contributed by atoms with van der Waals surface area (Å²) in [5, 5.41) is 15.9. The molecule has 3 rings (SSSR count). The Morgan fingerprint density at radius 3 is 2.73 bits per heavy atom. The average Bonchev–Trinajstić information content (AvgIpc) is 2.83. The minimum atomic E-state index is -0.440. The maximum atomic E-state index is 12.6. The van der Waals surface area contributed by atoms with Crippen molar-refractivity contribution in [3.05, 3.63) is 87.9 Å². The molecule has 170 valence electrons. The molecular weight excluding hydrogens is 475 g/mol. The fourth-order valence-corrected chi connectivity index (χ4v) is 5.03. The summed E-state index contributed by atoms with van der Waals surface area (Å²) >= 11 is 13.7. The first-order valence-electron chi connectivity index (χ1n) is 10.4. The van der Waals surface area contributed by atoms with Crippen LogP contribution in [0.1, 0.15) is 33.8 Å². The highest BCUT2D eigenvalue weighted by Gasteiger charge is 2.20. The van der Waals surface area contributed by atoms with Gasteiger partial charge in [-0.3, -0.25) is 0 Å². The number of hydrogen-bond donors (Lipinski definition) is 1. The number of fused-ring (bicyclic) bond motifs is 1. The summed E-state index contributed by atoms with van der Waals surface area (Å²) < 4.78 is 5.03. The number of nitriles is 1. The van der Waals surface area contributed by atoms with Crippen LogP contribution in [0.15, 0.2) is 66.1 Å². The van der Waals surface area contributed by atoms with E-state index >= 15 is 0 Å². The predicted octanol–water partition coefficient (Wildman–Crippen LogP) is 6.85. The molecule has 0 unspecified atom stereocenters. The molecule has 0 aliphatic carbocycles. The molecule has 0 saturated carbocycles. The van der Waals surface area contributed by atoms with Crippen LogP contribution >= 0.6 is 35.0 Å². The van der Waals surface area contributed by atoms with E-state index in [1.165, 1.54) is 18.9 Å². The first kappa shape index (κ1) is 25.1. The molecule has 3 aromatic rings. The van der Waals surface area contributed by atoms with E-state index in [1.54, 1.807) is 0 Å². The van der Waals surface area contributed by atoms with Crippen molar-refractivity contribution in [1.82, 2.24) is 5.32 Å². The minimum Gasteiger partial charge on any atom is -0.465 e. The summed E-state index contributed by atoms with van der Waals surface area (Å²) in [4.78, 5) is 13.2. The molecule has 0 amide bonds. The van der Waals surface area contributed by atoms with E-state index in [0.29, 0.717) is 38.4 Å². The Balaban J connectivity index is 1.71. The van der Waals surface area contributed by atoms with Crippen molar-refractivity contribution in [2.45, 2.75) is 17.2 Å². The summed E-state index contributed by atoms with van der Waals surface area (Å²) in [6.07, 6.45) is 2.69. The zero-order chi connectivity index (χ0) is 23.8. The Bertz CT molecular complexity index is 1210. The van der Waals surface area contributed by atoms with Crippen molar-refractivity contribution in [3.8, 4) is 6.07 Å². The van der Waals surface area contributed by atoms with Crippen molar-refractivity contribution in [2.75, 3.05) is 26.0 Å². The van der Waals surface area contributed by atoms with Gasteiger partial charge in [-0.25, -0.2) is 4.79 Å². The van der Waals surface area contributed by atoms with Crippen LogP contribution in [-0.4, -0.2) is 31.9 Å². The van der Waals surface area contributed by atoms with Gasteiger partial charge >= 0.3 is 5.97 Å². The SMILES string of the molecule is C=CC[C@H](CNCCSc1c(C#N)cc2ccccc2c1C(=O)OC)c1ccc(Cl)c(Cl)c1. The Kier molecular flexibility index (Phi) is 9.22. The Labute approximate surface area is 208 Å². The van der Waals surface area contributed by atoms with Gasteiger partial charge in [0, 0.05) is 23.7 Å². The third-order valence-electron chi connectivity index (χ3n) is 5.29. The van der Waals surface area contributed by atoms with E-state index in [9.17, 15) is 10.1 Å². The highest BCUT2D eigenvalue weighted by molar-refractivity contribution is 7.99. The quantitative estimate of drug-likeness (QED) is 0.143. The summed E-state index contributed by atoms with van der Waals surface area (Å²) in [6.45, 7) is 5.29. The van der Waals surface area contributed by atoms with Crippen LogP contribution in [0.2, 0.25) is 10.0 Å². The first-order valence-corrected chi connectivity index (χ1v) is 12.2. The third kappa shape index (κ3) is 6.10. The van der Waals surface area contributed by atoms with E-state index in [-0.39, 0.29) is 5.92 Å². The van der Waals surface area contributed by atoms with Crippen molar-refractivity contribution >= 4 is 51.7 Å². The molecule has 0 spiro atoms. The molecule has 3 aromatic carbocycles. The molecule has 0 aromatic heterocycles. The molecule has 0 bridgehead atoms. The molecule has 33 heavy (non-hydrogen) atoms. The molecule has 1 N–H and O–H groups in total. The Morgan fingerprint density at radius 1 is 1.24 bits per heavy atom. The second kappa shape index (κ2) is 12.1. The highest BCUT2D eigenvalue weighted by Crippen LogP contribution is 2.34. The number of allylic oxidation sites excluding steroid dienone is 1. The number of benzene rings is 3. The monoisotopic (exact) mass is 498 g/mol. The number of rotatable bonds is 10. The molecule has 1 atom stereocenters. The van der Waals surface area contributed by atoms with Gasteiger partial charge < -0.3 is 10.1 Å². The normalized spacial score (nSPS) is 11.7. The van der Waals surface area contributed by atoms with Crippen LogP contribution in [0, 0.1) is 11.3 Å². The summed E-state index contributed by atoms with van der Waals surface area (Å²) in [5.74, 6) is 0.451. The van der Waals surface area contributed by atoms with Crippen LogP contribution in [0.25, 0.3) is 10.8 Å². The lowest BCUT2D eigenvalue weighted by molar-refractivity contribution is 0.0599. The standard InChI is InChI=1S/C26H24Cl2N2O2S/c1-3-6-19(17-9-10-22(27)23(28)14-17)16-30-11-12-33-25-20(15-29)13-18-7-4-5-8-21(18)24(25)26(31)32-2/h3-5,7-10,13-14,19,30H,1,6,11-12,16H2,2H3/t19-/m1/s1. The highest BCUT2D eigenvalue weighted by atomic mass is 35.5. The maximum Gasteiger partial charge on any atom is 0.339 e. The average molecular weight is 499 g/mol. The van der Waals surface area contributed by atoms with Crippen LogP contribution < -0.4 is 5.32 Å². The molecule has 0 saturated heterocycles. The summed E-state index contributed by atoms with van der Waals surface area (Å²) in [6, 6.07) is 17.3. The zero-order valence-corrected chi connectivity index (χ0v) is 20.6. The van der Waals surface area contributed by atoms with E-state index in [1.807, 2.05) is 54.6 Å². The lowest BCUT2D eigenvalue weighted by atomic mass is 9.95. The predicted molar refractivity (Wildman–Crippen MR) is 138 cm³/mol. The first-order chi connectivity index (χ1) is 16.0. The van der Waals surface area contributed by atoms with Gasteiger partial charge in [0.15, 0.2) is 0 Å². The van der Waals surface area contributed by atoms with E-state index in [4.69, 9.17) is 27.9 Å². The third-order valence-corrected chi connectivity index (χ3v) is 7.15. The van der Waals surface area contributed by atoms with Gasteiger partial charge in [0.1, 0.15) is 6.07 Å². The fourth-order valence-electron chi connectivity index (χ4n) is 3.67. The number of halogens is 2. The van der Waals surface area contributed by atoms with E-state index < -0.39 is 5.97 Å². The number of esters is 1. The van der Waals surface area contributed by atoms with Gasteiger partial charge in [-0.05, 0) is 46.9 Å². The van der Waals surface area contributed by atoms with Gasteiger partial charge in [0.25, 0.3) is 0 Å². The number of carbonyl (C=O) groups excluding carboxylic acids is 1. The second-order valence-electron chi connectivity index (χ2n) is 7.40. The number of hydrogen-bond acceptors (Lipinski definition) is 5. The number of thioether (sulfide) groups is 1. The molecule has 0 aliphatic heterocycles. The summed E-state index contributed by atoms with van der Waals surface area (Å²) in [5.41, 5.74) is 2.01. The maximum absolute atomic E-state index is 12.6. The van der Waals surface area contributed by atoms with Crippen molar-refractivity contribution in [1.29, 1.82) is 5.26 Å². The fraction of sp³-hybridized carbons (Fsp3) is 0.231. The zero-order valence-electron chi connectivity index (χ0n) is 18.2. The van der Waals surface area contributed by atoms with Gasteiger partial charge in [0.2, 0.25) is 0 Å². The van der Waals surface area contributed by atoms with Gasteiger partial charge in [-0.15, -0.1) is 18.3 Å². The Hall–Kier alpha value is -2.49. The molecule has 0 fully saturated rings. The van der Waals surface area contributed by atoms with Gasteiger partial charge in [0.05, 0.1) is 28.3 Å². The largest absolute Gasteiger partial charge is 0.465 e. The molecule has 0 radical (unpaired) electrons. The van der Waals surface area contributed by atoms with Gasteiger partial charge in [-0.2, -0.15) is 5.26 Å². The lowest BCUT2D eigenvalue weighted by Gasteiger charge is -2.18.